The Bertz CT molecular complexity index is 632. The van der Waals surface area contributed by atoms with E-state index in [1.165, 1.54) is 12.1 Å². The summed E-state index contributed by atoms with van der Waals surface area (Å²) in [4.78, 5) is 0. The van der Waals surface area contributed by atoms with Crippen LogP contribution in [0.5, 0.6) is 11.5 Å². The Balaban J connectivity index is 2.32. The first-order valence-electron chi connectivity index (χ1n) is 5.76. The van der Waals surface area contributed by atoms with E-state index in [1.54, 1.807) is 37.3 Å². The Hall–Kier alpha value is -2.38. The van der Waals surface area contributed by atoms with E-state index in [-0.39, 0.29) is 5.75 Å². The van der Waals surface area contributed by atoms with Crippen LogP contribution in [0.15, 0.2) is 42.5 Å². The van der Waals surface area contributed by atoms with Crippen molar-refractivity contribution in [2.45, 2.75) is 13.0 Å². The van der Waals surface area contributed by atoms with E-state index in [0.29, 0.717) is 16.9 Å². The van der Waals surface area contributed by atoms with E-state index in [0.717, 1.165) is 0 Å². The Morgan fingerprint density at radius 3 is 2.58 bits per heavy atom. The minimum Gasteiger partial charge on any atom is -0.453 e. The summed E-state index contributed by atoms with van der Waals surface area (Å²) in [7, 11) is 0. The second-order valence-electron chi connectivity index (χ2n) is 4.08. The predicted molar refractivity (Wildman–Crippen MR) is 68.3 cm³/mol. The maximum Gasteiger partial charge on any atom is 0.166 e. The highest BCUT2D eigenvalue weighted by Crippen LogP contribution is 2.28. The highest BCUT2D eigenvalue weighted by Gasteiger charge is 2.10. The van der Waals surface area contributed by atoms with Crippen molar-refractivity contribution in [2.24, 2.45) is 0 Å². The third kappa shape index (κ3) is 2.90. The van der Waals surface area contributed by atoms with Crippen LogP contribution in [0, 0.1) is 17.1 Å². The van der Waals surface area contributed by atoms with Crippen molar-refractivity contribution in [3.63, 3.8) is 0 Å². The van der Waals surface area contributed by atoms with Gasteiger partial charge in [0.2, 0.25) is 0 Å². The summed E-state index contributed by atoms with van der Waals surface area (Å²) in [5.41, 5.74) is 0.805. The van der Waals surface area contributed by atoms with Crippen molar-refractivity contribution < 1.29 is 14.2 Å². The van der Waals surface area contributed by atoms with Gasteiger partial charge in [0.05, 0.1) is 11.7 Å². The lowest BCUT2D eigenvalue weighted by molar-refractivity contribution is 0.198. The number of ether oxygens (including phenoxy) is 1. The SMILES string of the molecule is CC(O)c1ccc(Oc2ccccc2C#N)c(F)c1. The van der Waals surface area contributed by atoms with E-state index < -0.39 is 11.9 Å². The fraction of sp³-hybridized carbons (Fsp3) is 0.133. The molecular weight excluding hydrogens is 245 g/mol. The van der Waals surface area contributed by atoms with Gasteiger partial charge in [0, 0.05) is 0 Å². The van der Waals surface area contributed by atoms with Gasteiger partial charge in [-0.25, -0.2) is 4.39 Å². The predicted octanol–water partition coefficient (Wildman–Crippen LogP) is 3.54. The molecule has 0 aliphatic carbocycles. The number of hydrogen-bond acceptors (Lipinski definition) is 3. The number of halogens is 1. The second-order valence-corrected chi connectivity index (χ2v) is 4.08. The molecule has 0 aromatic heterocycles. The summed E-state index contributed by atoms with van der Waals surface area (Å²) >= 11 is 0. The van der Waals surface area contributed by atoms with Crippen LogP contribution in [0.25, 0.3) is 0 Å². The fourth-order valence-electron chi connectivity index (χ4n) is 1.63. The maximum absolute atomic E-state index is 13.8. The Labute approximate surface area is 110 Å². The zero-order valence-electron chi connectivity index (χ0n) is 10.3. The number of nitriles is 1. The van der Waals surface area contributed by atoms with E-state index in [2.05, 4.69) is 0 Å². The molecule has 0 fully saturated rings. The lowest BCUT2D eigenvalue weighted by Crippen LogP contribution is -1.95. The first kappa shape index (κ1) is 13.1. The van der Waals surface area contributed by atoms with Crippen molar-refractivity contribution in [3.8, 4) is 17.6 Å². The summed E-state index contributed by atoms with van der Waals surface area (Å²) in [6, 6.07) is 12.8. The first-order chi connectivity index (χ1) is 9.11. The molecule has 96 valence electrons. The maximum atomic E-state index is 13.8. The number of aliphatic hydroxyl groups is 1. The Morgan fingerprint density at radius 2 is 1.95 bits per heavy atom. The van der Waals surface area contributed by atoms with Gasteiger partial charge in [-0.15, -0.1) is 0 Å². The Morgan fingerprint density at radius 1 is 1.21 bits per heavy atom. The molecule has 1 N–H and O–H groups in total. The van der Waals surface area contributed by atoms with Crippen LogP contribution in [-0.2, 0) is 0 Å². The molecule has 0 heterocycles. The quantitative estimate of drug-likeness (QED) is 0.914. The zero-order chi connectivity index (χ0) is 13.8. The van der Waals surface area contributed by atoms with Crippen LogP contribution in [0.2, 0.25) is 0 Å². The summed E-state index contributed by atoms with van der Waals surface area (Å²) in [5.74, 6) is -0.257. The molecule has 0 amide bonds. The first-order valence-corrected chi connectivity index (χ1v) is 5.76. The van der Waals surface area contributed by atoms with E-state index >= 15 is 0 Å². The summed E-state index contributed by atoms with van der Waals surface area (Å²) in [6.45, 7) is 1.56. The molecule has 2 aromatic carbocycles. The van der Waals surface area contributed by atoms with Gasteiger partial charge in [-0.05, 0) is 36.8 Å². The van der Waals surface area contributed by atoms with Crippen LogP contribution in [0.4, 0.5) is 4.39 Å². The summed E-state index contributed by atoms with van der Waals surface area (Å²) in [5, 5.41) is 18.3. The summed E-state index contributed by atoms with van der Waals surface area (Å²) in [6.07, 6.45) is -0.741. The number of rotatable bonds is 3. The van der Waals surface area contributed by atoms with Gasteiger partial charge < -0.3 is 9.84 Å². The number of aliphatic hydroxyl groups excluding tert-OH is 1. The van der Waals surface area contributed by atoms with E-state index in [1.807, 2.05) is 6.07 Å². The molecule has 2 aromatic rings. The van der Waals surface area contributed by atoms with Gasteiger partial charge in [-0.2, -0.15) is 5.26 Å². The average molecular weight is 257 g/mol. The largest absolute Gasteiger partial charge is 0.453 e. The van der Waals surface area contributed by atoms with Gasteiger partial charge in [0.25, 0.3) is 0 Å². The molecule has 2 rings (SSSR count). The average Bonchev–Trinajstić information content (AvgIpc) is 2.41. The van der Waals surface area contributed by atoms with Crippen molar-refractivity contribution >= 4 is 0 Å². The molecule has 0 radical (unpaired) electrons. The molecule has 0 aliphatic rings. The number of para-hydroxylation sites is 1. The highest BCUT2D eigenvalue weighted by atomic mass is 19.1. The molecule has 1 atom stereocenters. The highest BCUT2D eigenvalue weighted by molar-refractivity contribution is 5.45. The second kappa shape index (κ2) is 5.51. The van der Waals surface area contributed by atoms with E-state index in [4.69, 9.17) is 10.00 Å². The molecule has 0 saturated heterocycles. The lowest BCUT2D eigenvalue weighted by atomic mass is 10.1. The molecule has 0 spiro atoms. The van der Waals surface area contributed by atoms with Gasteiger partial charge in [-0.3, -0.25) is 0 Å². The fourth-order valence-corrected chi connectivity index (χ4v) is 1.63. The molecule has 3 nitrogen and oxygen atoms in total. The number of hydrogen-bond donors (Lipinski definition) is 1. The van der Waals surface area contributed by atoms with Crippen molar-refractivity contribution in [2.75, 3.05) is 0 Å². The minimum atomic E-state index is -0.741. The van der Waals surface area contributed by atoms with Gasteiger partial charge in [-0.1, -0.05) is 18.2 Å². The van der Waals surface area contributed by atoms with Crippen molar-refractivity contribution in [1.82, 2.24) is 0 Å². The van der Waals surface area contributed by atoms with Crippen LogP contribution < -0.4 is 4.74 Å². The molecule has 4 heteroatoms. The number of nitrogens with zero attached hydrogens (tertiary/aromatic N) is 1. The standard InChI is InChI=1S/C15H12FNO2/c1-10(18)11-6-7-15(13(16)8-11)19-14-5-3-2-4-12(14)9-17/h2-8,10,18H,1H3. The molecule has 19 heavy (non-hydrogen) atoms. The van der Waals surface area contributed by atoms with Crippen molar-refractivity contribution in [3.05, 3.63) is 59.4 Å². The van der Waals surface area contributed by atoms with Crippen LogP contribution >= 0.6 is 0 Å². The lowest BCUT2D eigenvalue weighted by Gasteiger charge is -2.10. The minimum absolute atomic E-state index is 0.0205. The van der Waals surface area contributed by atoms with Crippen LogP contribution in [0.1, 0.15) is 24.2 Å². The molecular formula is C15H12FNO2. The normalized spacial score (nSPS) is 11.7. The topological polar surface area (TPSA) is 53.2 Å². The molecule has 0 bridgehead atoms. The molecule has 0 saturated carbocycles. The zero-order valence-corrected chi connectivity index (χ0v) is 10.3. The molecule has 1 unspecified atom stereocenters. The van der Waals surface area contributed by atoms with Crippen LogP contribution in [-0.4, -0.2) is 5.11 Å². The third-order valence-corrected chi connectivity index (χ3v) is 2.67. The van der Waals surface area contributed by atoms with Crippen molar-refractivity contribution in [1.29, 1.82) is 5.26 Å². The van der Waals surface area contributed by atoms with Gasteiger partial charge in [0.15, 0.2) is 11.6 Å². The Kier molecular flexibility index (Phi) is 3.79. The van der Waals surface area contributed by atoms with Crippen LogP contribution in [0.3, 0.4) is 0 Å². The summed E-state index contributed by atoms with van der Waals surface area (Å²) < 4.78 is 19.2. The number of benzene rings is 2. The monoisotopic (exact) mass is 257 g/mol. The van der Waals surface area contributed by atoms with Gasteiger partial charge >= 0.3 is 0 Å². The third-order valence-electron chi connectivity index (χ3n) is 2.67. The smallest absolute Gasteiger partial charge is 0.166 e. The molecule has 0 aliphatic heterocycles. The van der Waals surface area contributed by atoms with E-state index in [9.17, 15) is 9.50 Å². The van der Waals surface area contributed by atoms with Gasteiger partial charge in [0.1, 0.15) is 11.8 Å².